The van der Waals surface area contributed by atoms with Gasteiger partial charge in [0, 0.05) is 6.04 Å². The molecule has 92 valence electrons. The number of nitrogens with one attached hydrogen (secondary N) is 1. The number of carbonyl (C=O) groups excluding carboxylic acids is 1. The van der Waals surface area contributed by atoms with E-state index in [1.165, 1.54) is 13.8 Å². The Morgan fingerprint density at radius 3 is 2.31 bits per heavy atom. The molecule has 16 heavy (non-hydrogen) atoms. The summed E-state index contributed by atoms with van der Waals surface area (Å²) in [5, 5.41) is 11.8. The number of aliphatic carboxylic acids is 1. The van der Waals surface area contributed by atoms with Crippen LogP contribution < -0.4 is 5.32 Å². The molecule has 4 nitrogen and oxygen atoms in total. The van der Waals surface area contributed by atoms with E-state index in [0.29, 0.717) is 0 Å². The van der Waals surface area contributed by atoms with Gasteiger partial charge in [0.2, 0.25) is 5.91 Å². The van der Waals surface area contributed by atoms with E-state index >= 15 is 0 Å². The lowest BCUT2D eigenvalue weighted by atomic mass is 9.90. The van der Waals surface area contributed by atoms with Gasteiger partial charge >= 0.3 is 5.97 Å². The number of rotatable bonds is 3. The van der Waals surface area contributed by atoms with Crippen molar-refractivity contribution in [2.75, 3.05) is 0 Å². The van der Waals surface area contributed by atoms with E-state index in [1.807, 2.05) is 0 Å². The van der Waals surface area contributed by atoms with Crippen LogP contribution >= 0.6 is 0 Å². The highest BCUT2D eigenvalue weighted by Crippen LogP contribution is 2.37. The largest absolute Gasteiger partial charge is 0.480 e. The highest BCUT2D eigenvalue weighted by atomic mass is 16.4. The Morgan fingerprint density at radius 2 is 1.94 bits per heavy atom. The molecular weight excluding hydrogens is 206 g/mol. The van der Waals surface area contributed by atoms with Crippen molar-refractivity contribution in [3.05, 3.63) is 0 Å². The molecule has 4 heteroatoms. The van der Waals surface area contributed by atoms with Crippen molar-refractivity contribution >= 4 is 11.9 Å². The van der Waals surface area contributed by atoms with Crippen molar-refractivity contribution in [1.82, 2.24) is 5.32 Å². The topological polar surface area (TPSA) is 66.4 Å². The van der Waals surface area contributed by atoms with Gasteiger partial charge in [-0.05, 0) is 38.5 Å². The van der Waals surface area contributed by atoms with E-state index in [-0.39, 0.29) is 17.4 Å². The predicted octanol–water partition coefficient (Wildman–Crippen LogP) is 1.79. The number of carbonyl (C=O) groups is 2. The second-order valence-corrected chi connectivity index (χ2v) is 6.01. The van der Waals surface area contributed by atoms with E-state index in [1.54, 1.807) is 0 Å². The Balaban J connectivity index is 2.57. The quantitative estimate of drug-likeness (QED) is 0.722. The van der Waals surface area contributed by atoms with Gasteiger partial charge in [-0.2, -0.15) is 0 Å². The Morgan fingerprint density at radius 1 is 1.38 bits per heavy atom. The second kappa shape index (κ2) is 4.07. The maximum atomic E-state index is 11.8. The predicted molar refractivity (Wildman–Crippen MR) is 61.0 cm³/mol. The molecule has 0 radical (unpaired) electrons. The number of carboxylic acids is 1. The van der Waals surface area contributed by atoms with Crippen LogP contribution in [-0.2, 0) is 9.59 Å². The van der Waals surface area contributed by atoms with Crippen LogP contribution in [-0.4, -0.2) is 23.0 Å². The summed E-state index contributed by atoms with van der Waals surface area (Å²) in [6.07, 6.45) is 2.94. The van der Waals surface area contributed by atoms with Crippen molar-refractivity contribution < 1.29 is 14.7 Å². The lowest BCUT2D eigenvalue weighted by Crippen LogP contribution is -2.46. The summed E-state index contributed by atoms with van der Waals surface area (Å²) in [6, 6.07) is 0.126. The molecular formula is C12H21NO3. The molecule has 1 rings (SSSR count). The van der Waals surface area contributed by atoms with Crippen LogP contribution in [0.5, 0.6) is 0 Å². The average Bonchev–Trinajstić information content (AvgIpc) is 2.45. The summed E-state index contributed by atoms with van der Waals surface area (Å²) in [6.45, 7) is 7.21. The molecule has 1 unspecified atom stereocenters. The average molecular weight is 227 g/mol. The lowest BCUT2D eigenvalue weighted by molar-refractivity contribution is -0.153. The molecule has 0 aromatic heterocycles. The fourth-order valence-corrected chi connectivity index (χ4v) is 2.02. The molecule has 1 aliphatic carbocycles. The smallest absolute Gasteiger partial charge is 0.318 e. The molecule has 0 aliphatic heterocycles. The highest BCUT2D eigenvalue weighted by Gasteiger charge is 2.39. The van der Waals surface area contributed by atoms with Crippen molar-refractivity contribution in [2.24, 2.45) is 10.8 Å². The van der Waals surface area contributed by atoms with Crippen LogP contribution in [0.25, 0.3) is 0 Å². The monoisotopic (exact) mass is 227 g/mol. The van der Waals surface area contributed by atoms with E-state index in [4.69, 9.17) is 5.11 Å². The minimum atomic E-state index is -1.34. The molecule has 1 atom stereocenters. The number of carboxylic acid groups (broad SMARTS) is 1. The first-order chi connectivity index (χ1) is 7.15. The summed E-state index contributed by atoms with van der Waals surface area (Å²) in [5.74, 6) is -1.47. The Hall–Kier alpha value is -1.06. The van der Waals surface area contributed by atoms with Gasteiger partial charge in [0.15, 0.2) is 0 Å². The zero-order chi connectivity index (χ0) is 12.6. The van der Waals surface area contributed by atoms with Gasteiger partial charge in [0.05, 0.1) is 0 Å². The Labute approximate surface area is 96.4 Å². The lowest BCUT2D eigenvalue weighted by Gasteiger charge is -2.23. The molecule has 0 bridgehead atoms. The summed E-state index contributed by atoms with van der Waals surface area (Å²) in [5.41, 5.74) is -1.09. The minimum absolute atomic E-state index is 0.126. The van der Waals surface area contributed by atoms with Crippen LogP contribution in [0, 0.1) is 10.8 Å². The van der Waals surface area contributed by atoms with Crippen LogP contribution in [0.15, 0.2) is 0 Å². The molecule has 0 aromatic carbocycles. The van der Waals surface area contributed by atoms with Crippen molar-refractivity contribution in [1.29, 1.82) is 0 Å². The SMILES string of the molecule is CC1(C)CCC(NC(=O)C(C)(C)C(=O)O)C1. The van der Waals surface area contributed by atoms with E-state index in [0.717, 1.165) is 19.3 Å². The Bertz CT molecular complexity index is 307. The molecule has 0 spiro atoms. The van der Waals surface area contributed by atoms with Gasteiger partial charge in [-0.1, -0.05) is 13.8 Å². The standard InChI is InChI=1S/C12H21NO3/c1-11(2)6-5-8(7-11)13-9(14)12(3,4)10(15)16/h8H,5-7H2,1-4H3,(H,13,14)(H,15,16). The van der Waals surface area contributed by atoms with Crippen LogP contribution in [0.1, 0.15) is 47.0 Å². The van der Waals surface area contributed by atoms with Gasteiger partial charge in [-0.25, -0.2) is 0 Å². The number of hydrogen-bond donors (Lipinski definition) is 2. The Kier molecular flexibility index (Phi) is 3.31. The van der Waals surface area contributed by atoms with Gasteiger partial charge < -0.3 is 10.4 Å². The van der Waals surface area contributed by atoms with Crippen molar-refractivity contribution in [2.45, 2.75) is 53.0 Å². The fraction of sp³-hybridized carbons (Fsp3) is 0.833. The molecule has 2 N–H and O–H groups in total. The number of hydrogen-bond acceptors (Lipinski definition) is 2. The number of amides is 1. The van der Waals surface area contributed by atoms with Crippen molar-refractivity contribution in [3.63, 3.8) is 0 Å². The molecule has 0 saturated heterocycles. The first kappa shape index (κ1) is 13.0. The maximum absolute atomic E-state index is 11.8. The fourth-order valence-electron chi connectivity index (χ4n) is 2.02. The zero-order valence-electron chi connectivity index (χ0n) is 10.5. The highest BCUT2D eigenvalue weighted by molar-refractivity contribution is 6.01. The van der Waals surface area contributed by atoms with Crippen LogP contribution in [0.2, 0.25) is 0 Å². The van der Waals surface area contributed by atoms with E-state index in [2.05, 4.69) is 19.2 Å². The zero-order valence-corrected chi connectivity index (χ0v) is 10.5. The molecule has 0 aromatic rings. The second-order valence-electron chi connectivity index (χ2n) is 6.01. The normalized spacial score (nSPS) is 24.1. The van der Waals surface area contributed by atoms with Crippen molar-refractivity contribution in [3.8, 4) is 0 Å². The van der Waals surface area contributed by atoms with Crippen LogP contribution in [0.4, 0.5) is 0 Å². The van der Waals surface area contributed by atoms with Gasteiger partial charge in [-0.3, -0.25) is 9.59 Å². The summed E-state index contributed by atoms with van der Waals surface area (Å²) in [4.78, 5) is 22.7. The van der Waals surface area contributed by atoms with Crippen LogP contribution in [0.3, 0.4) is 0 Å². The third-order valence-corrected chi connectivity index (χ3v) is 3.41. The molecule has 1 fully saturated rings. The summed E-state index contributed by atoms with van der Waals surface area (Å²) in [7, 11) is 0. The third-order valence-electron chi connectivity index (χ3n) is 3.41. The van der Waals surface area contributed by atoms with E-state index < -0.39 is 11.4 Å². The third kappa shape index (κ3) is 2.74. The molecule has 1 aliphatic rings. The first-order valence-corrected chi connectivity index (χ1v) is 5.69. The van der Waals surface area contributed by atoms with E-state index in [9.17, 15) is 9.59 Å². The molecule has 1 saturated carbocycles. The summed E-state index contributed by atoms with van der Waals surface area (Å²) < 4.78 is 0. The summed E-state index contributed by atoms with van der Waals surface area (Å²) >= 11 is 0. The minimum Gasteiger partial charge on any atom is -0.480 e. The van der Waals surface area contributed by atoms with Gasteiger partial charge in [0.25, 0.3) is 0 Å². The molecule has 0 heterocycles. The van der Waals surface area contributed by atoms with Gasteiger partial charge in [0.1, 0.15) is 5.41 Å². The maximum Gasteiger partial charge on any atom is 0.318 e. The molecule has 1 amide bonds. The van der Waals surface area contributed by atoms with Gasteiger partial charge in [-0.15, -0.1) is 0 Å². The first-order valence-electron chi connectivity index (χ1n) is 5.69.